The van der Waals surface area contributed by atoms with E-state index in [9.17, 15) is 4.79 Å². The van der Waals surface area contributed by atoms with Gasteiger partial charge in [-0.05, 0) is 68.8 Å². The fourth-order valence-electron chi connectivity index (χ4n) is 3.60. The van der Waals surface area contributed by atoms with E-state index in [2.05, 4.69) is 5.32 Å². The van der Waals surface area contributed by atoms with E-state index in [-0.39, 0.29) is 5.91 Å². The Hall–Kier alpha value is -1.06. The molecule has 0 bridgehead atoms. The molecule has 1 amide bonds. The molecule has 2 aliphatic heterocycles. The van der Waals surface area contributed by atoms with E-state index in [0.717, 1.165) is 42.2 Å². The molecule has 1 aromatic rings. The van der Waals surface area contributed by atoms with Gasteiger partial charge >= 0.3 is 0 Å². The van der Waals surface area contributed by atoms with Crippen molar-refractivity contribution < 1.29 is 4.79 Å². The second kappa shape index (κ2) is 6.37. The fourth-order valence-corrected chi connectivity index (χ4v) is 3.71. The van der Waals surface area contributed by atoms with Gasteiger partial charge in [0.05, 0.1) is 0 Å². The molecule has 2 aliphatic rings. The van der Waals surface area contributed by atoms with E-state index >= 15 is 0 Å². The molecule has 0 aliphatic carbocycles. The number of nitrogens with zero attached hydrogens (tertiary/aromatic N) is 1. The summed E-state index contributed by atoms with van der Waals surface area (Å²) in [4.78, 5) is 14.7. The van der Waals surface area contributed by atoms with E-state index < -0.39 is 0 Å². The fraction of sp³-hybridized carbons (Fsp3) is 0.588. The van der Waals surface area contributed by atoms with E-state index in [1.165, 1.54) is 19.3 Å². The number of hydrogen-bond donors (Lipinski definition) is 1. The monoisotopic (exact) mass is 306 g/mol. The van der Waals surface area contributed by atoms with Crippen LogP contribution >= 0.6 is 11.6 Å². The molecule has 2 saturated heterocycles. The van der Waals surface area contributed by atoms with Gasteiger partial charge in [0.25, 0.3) is 5.91 Å². The molecule has 0 saturated carbocycles. The van der Waals surface area contributed by atoms with E-state index in [1.54, 1.807) is 0 Å². The summed E-state index contributed by atoms with van der Waals surface area (Å²) in [6.07, 6.45) is 4.88. The van der Waals surface area contributed by atoms with Crippen molar-refractivity contribution in [2.24, 2.45) is 5.92 Å². The molecule has 3 nitrogen and oxygen atoms in total. The van der Waals surface area contributed by atoms with E-state index in [0.29, 0.717) is 12.0 Å². The highest BCUT2D eigenvalue weighted by Crippen LogP contribution is 2.26. The lowest BCUT2D eigenvalue weighted by Crippen LogP contribution is -2.45. The average Bonchev–Trinajstić information content (AvgIpc) is 3.04. The van der Waals surface area contributed by atoms with Crippen molar-refractivity contribution in [3.05, 3.63) is 34.3 Å². The summed E-state index contributed by atoms with van der Waals surface area (Å²) in [7, 11) is 0. The molecule has 2 atom stereocenters. The maximum absolute atomic E-state index is 12.7. The molecule has 2 fully saturated rings. The first-order valence-corrected chi connectivity index (χ1v) is 8.32. The minimum atomic E-state index is 0.150. The Balaban J connectivity index is 1.70. The maximum atomic E-state index is 12.7. The number of halogens is 1. The molecule has 3 rings (SSSR count). The minimum absolute atomic E-state index is 0.150. The second-order valence-corrected chi connectivity index (χ2v) is 6.73. The third-order valence-electron chi connectivity index (χ3n) is 4.82. The third-order valence-corrected chi connectivity index (χ3v) is 5.24. The number of nitrogens with one attached hydrogen (secondary N) is 1. The Morgan fingerprint density at radius 1 is 1.33 bits per heavy atom. The normalized spacial score (nSPS) is 26.1. The molecule has 2 heterocycles. The molecule has 0 aromatic heterocycles. The molecule has 0 spiro atoms. The van der Waals surface area contributed by atoms with Crippen molar-refractivity contribution >= 4 is 17.5 Å². The Morgan fingerprint density at radius 2 is 2.19 bits per heavy atom. The maximum Gasteiger partial charge on any atom is 0.253 e. The summed E-state index contributed by atoms with van der Waals surface area (Å²) in [5.41, 5.74) is 1.73. The van der Waals surface area contributed by atoms with Gasteiger partial charge in [-0.3, -0.25) is 4.79 Å². The van der Waals surface area contributed by atoms with Gasteiger partial charge in [0, 0.05) is 29.7 Å². The topological polar surface area (TPSA) is 32.3 Å². The number of likely N-dealkylation sites (tertiary alicyclic amines) is 1. The molecular weight excluding hydrogens is 284 g/mol. The van der Waals surface area contributed by atoms with Crippen molar-refractivity contribution in [2.75, 3.05) is 19.6 Å². The van der Waals surface area contributed by atoms with Crippen LogP contribution in [0.1, 0.15) is 41.6 Å². The number of benzene rings is 1. The number of rotatable bonds is 2. The van der Waals surface area contributed by atoms with Gasteiger partial charge in [-0.25, -0.2) is 0 Å². The van der Waals surface area contributed by atoms with Crippen LogP contribution in [0.25, 0.3) is 0 Å². The Bertz CT molecular complexity index is 526. The van der Waals surface area contributed by atoms with Crippen LogP contribution in [0, 0.1) is 12.8 Å². The van der Waals surface area contributed by atoms with Gasteiger partial charge in [-0.2, -0.15) is 0 Å². The molecular formula is C17H23ClN2O. The predicted molar refractivity (Wildman–Crippen MR) is 85.8 cm³/mol. The number of carbonyl (C=O) groups is 1. The number of carbonyl (C=O) groups excluding carboxylic acids is 1. The number of piperidine rings is 1. The van der Waals surface area contributed by atoms with Crippen LogP contribution in [0.4, 0.5) is 0 Å². The van der Waals surface area contributed by atoms with Gasteiger partial charge in [0.15, 0.2) is 0 Å². The van der Waals surface area contributed by atoms with Crippen LogP contribution in [0.15, 0.2) is 18.2 Å². The highest BCUT2D eigenvalue weighted by molar-refractivity contribution is 6.31. The van der Waals surface area contributed by atoms with Crippen LogP contribution in [0.5, 0.6) is 0 Å². The van der Waals surface area contributed by atoms with Crippen LogP contribution in [-0.4, -0.2) is 36.5 Å². The number of hydrogen-bond acceptors (Lipinski definition) is 2. The largest absolute Gasteiger partial charge is 0.338 e. The number of amides is 1. The molecule has 1 N–H and O–H groups in total. The SMILES string of the molecule is Cc1cc(C(=O)N2CCCC(C3CCCN3)C2)ccc1Cl. The number of aryl methyl sites for hydroxylation is 1. The molecule has 0 radical (unpaired) electrons. The molecule has 2 unspecified atom stereocenters. The molecule has 21 heavy (non-hydrogen) atoms. The lowest BCUT2D eigenvalue weighted by molar-refractivity contribution is 0.0651. The summed E-state index contributed by atoms with van der Waals surface area (Å²) in [6.45, 7) is 4.84. The second-order valence-electron chi connectivity index (χ2n) is 6.32. The van der Waals surface area contributed by atoms with Gasteiger partial charge < -0.3 is 10.2 Å². The van der Waals surface area contributed by atoms with Crippen LogP contribution < -0.4 is 5.32 Å². The van der Waals surface area contributed by atoms with Crippen LogP contribution in [-0.2, 0) is 0 Å². The summed E-state index contributed by atoms with van der Waals surface area (Å²) >= 11 is 6.05. The third kappa shape index (κ3) is 3.24. The Morgan fingerprint density at radius 3 is 2.90 bits per heavy atom. The smallest absolute Gasteiger partial charge is 0.253 e. The first kappa shape index (κ1) is 14.9. The van der Waals surface area contributed by atoms with Crippen molar-refractivity contribution in [1.29, 1.82) is 0 Å². The van der Waals surface area contributed by atoms with Crippen molar-refractivity contribution in [3.8, 4) is 0 Å². The molecule has 114 valence electrons. The quantitative estimate of drug-likeness (QED) is 0.909. The zero-order valence-electron chi connectivity index (χ0n) is 12.6. The average molecular weight is 307 g/mol. The van der Waals surface area contributed by atoms with Crippen molar-refractivity contribution in [1.82, 2.24) is 10.2 Å². The molecule has 1 aromatic carbocycles. The van der Waals surface area contributed by atoms with E-state index in [1.807, 2.05) is 30.0 Å². The Labute approximate surface area is 131 Å². The summed E-state index contributed by atoms with van der Waals surface area (Å²) in [5, 5.41) is 4.31. The van der Waals surface area contributed by atoms with Crippen molar-refractivity contribution in [2.45, 2.75) is 38.6 Å². The summed E-state index contributed by atoms with van der Waals surface area (Å²) in [6, 6.07) is 6.17. The molecule has 4 heteroatoms. The highest BCUT2D eigenvalue weighted by Gasteiger charge is 2.31. The highest BCUT2D eigenvalue weighted by atomic mass is 35.5. The van der Waals surface area contributed by atoms with Gasteiger partial charge in [0.1, 0.15) is 0 Å². The lowest BCUT2D eigenvalue weighted by Gasteiger charge is -2.36. The first-order chi connectivity index (χ1) is 10.1. The van der Waals surface area contributed by atoms with Crippen molar-refractivity contribution in [3.63, 3.8) is 0 Å². The van der Waals surface area contributed by atoms with E-state index in [4.69, 9.17) is 11.6 Å². The van der Waals surface area contributed by atoms with Gasteiger partial charge in [-0.15, -0.1) is 0 Å². The summed E-state index contributed by atoms with van der Waals surface area (Å²) < 4.78 is 0. The predicted octanol–water partition coefficient (Wildman–Crippen LogP) is 3.25. The van der Waals surface area contributed by atoms with Crippen LogP contribution in [0.2, 0.25) is 5.02 Å². The van der Waals surface area contributed by atoms with Gasteiger partial charge in [0.2, 0.25) is 0 Å². The first-order valence-electron chi connectivity index (χ1n) is 7.94. The van der Waals surface area contributed by atoms with Gasteiger partial charge in [-0.1, -0.05) is 11.6 Å². The zero-order chi connectivity index (χ0) is 14.8. The zero-order valence-corrected chi connectivity index (χ0v) is 13.3. The standard InChI is InChI=1S/C17H23ClN2O/c1-12-10-13(6-7-15(12)18)17(21)20-9-3-4-14(11-20)16-5-2-8-19-16/h6-7,10,14,16,19H,2-5,8-9,11H2,1H3. The minimum Gasteiger partial charge on any atom is -0.338 e. The summed E-state index contributed by atoms with van der Waals surface area (Å²) in [5.74, 6) is 0.760. The lowest BCUT2D eigenvalue weighted by atomic mass is 9.89. The Kier molecular flexibility index (Phi) is 4.51. The van der Waals surface area contributed by atoms with Crippen LogP contribution in [0.3, 0.4) is 0 Å².